The molecule has 0 rings (SSSR count). The van der Waals surface area contributed by atoms with Gasteiger partial charge >= 0.3 is 6.18 Å². The van der Waals surface area contributed by atoms with Crippen LogP contribution in [0.15, 0.2) is 0 Å². The lowest BCUT2D eigenvalue weighted by Crippen LogP contribution is -2.09. The first-order chi connectivity index (χ1) is 6.99. The van der Waals surface area contributed by atoms with E-state index in [2.05, 4.69) is 0 Å². The lowest BCUT2D eigenvalue weighted by molar-refractivity contribution is -0.135. The molecule has 1 nitrogen and oxygen atoms in total. The van der Waals surface area contributed by atoms with Crippen LogP contribution in [0.2, 0.25) is 0 Å². The predicted octanol–water partition coefficient (Wildman–Crippen LogP) is 4.49. The van der Waals surface area contributed by atoms with Gasteiger partial charge in [0.15, 0.2) is 0 Å². The maximum absolute atomic E-state index is 11.9. The number of thiocyanates is 1. The Kier molecular flexibility index (Phi) is 7.67. The molecule has 0 saturated carbocycles. The highest BCUT2D eigenvalue weighted by atomic mass is 32.2. The van der Waals surface area contributed by atoms with Crippen molar-refractivity contribution < 1.29 is 13.2 Å². The first-order valence-electron chi connectivity index (χ1n) is 5.11. The standard InChI is InChI=1S/C10H16F3NS/c1-2-3-5-9(15-8-14)6-4-7-10(11,12)13/h9H,2-7H2,1H3. The van der Waals surface area contributed by atoms with E-state index in [-0.39, 0.29) is 11.7 Å². The minimum Gasteiger partial charge on any atom is -0.185 e. The van der Waals surface area contributed by atoms with E-state index in [4.69, 9.17) is 5.26 Å². The zero-order valence-electron chi connectivity index (χ0n) is 8.81. The summed E-state index contributed by atoms with van der Waals surface area (Å²) in [6, 6.07) is 0. The zero-order valence-corrected chi connectivity index (χ0v) is 9.63. The predicted molar refractivity (Wildman–Crippen MR) is 56.4 cm³/mol. The Morgan fingerprint density at radius 3 is 2.33 bits per heavy atom. The molecule has 1 unspecified atom stereocenters. The summed E-state index contributed by atoms with van der Waals surface area (Å²) in [7, 11) is 0. The number of nitriles is 1. The molecule has 0 spiro atoms. The normalized spacial score (nSPS) is 13.5. The largest absolute Gasteiger partial charge is 0.389 e. The van der Waals surface area contributed by atoms with E-state index in [1.807, 2.05) is 12.3 Å². The van der Waals surface area contributed by atoms with Crippen LogP contribution in [0.4, 0.5) is 13.2 Å². The smallest absolute Gasteiger partial charge is 0.185 e. The second-order valence-electron chi connectivity index (χ2n) is 3.48. The van der Waals surface area contributed by atoms with Crippen molar-refractivity contribution in [2.24, 2.45) is 0 Å². The third kappa shape index (κ3) is 9.92. The van der Waals surface area contributed by atoms with Crippen LogP contribution in [0.5, 0.6) is 0 Å². The van der Waals surface area contributed by atoms with E-state index >= 15 is 0 Å². The summed E-state index contributed by atoms with van der Waals surface area (Å²) in [5.41, 5.74) is 0. The molecule has 1 atom stereocenters. The molecule has 0 amide bonds. The van der Waals surface area contributed by atoms with Crippen LogP contribution in [-0.4, -0.2) is 11.4 Å². The van der Waals surface area contributed by atoms with Gasteiger partial charge in [0, 0.05) is 11.7 Å². The average molecular weight is 239 g/mol. The van der Waals surface area contributed by atoms with Crippen molar-refractivity contribution in [2.75, 3.05) is 0 Å². The topological polar surface area (TPSA) is 23.8 Å². The third-order valence-electron chi connectivity index (χ3n) is 2.09. The molecule has 0 aliphatic heterocycles. The van der Waals surface area contributed by atoms with Crippen LogP contribution < -0.4 is 0 Å². The number of nitrogens with zero attached hydrogens (tertiary/aromatic N) is 1. The van der Waals surface area contributed by atoms with E-state index in [0.29, 0.717) is 6.42 Å². The van der Waals surface area contributed by atoms with Crippen molar-refractivity contribution >= 4 is 11.8 Å². The van der Waals surface area contributed by atoms with E-state index in [0.717, 1.165) is 31.0 Å². The van der Waals surface area contributed by atoms with E-state index < -0.39 is 12.6 Å². The molecule has 0 aromatic heterocycles. The van der Waals surface area contributed by atoms with Crippen LogP contribution in [0.25, 0.3) is 0 Å². The van der Waals surface area contributed by atoms with Gasteiger partial charge in [-0.05, 0) is 31.0 Å². The lowest BCUT2D eigenvalue weighted by Gasteiger charge is -2.12. The molecule has 5 heteroatoms. The van der Waals surface area contributed by atoms with Crippen molar-refractivity contribution in [3.05, 3.63) is 0 Å². The molecular formula is C10H16F3NS. The fraction of sp³-hybridized carbons (Fsp3) is 0.900. The first kappa shape index (κ1) is 14.6. The molecule has 0 aliphatic rings. The van der Waals surface area contributed by atoms with E-state index in [1.165, 1.54) is 0 Å². The first-order valence-corrected chi connectivity index (χ1v) is 5.99. The van der Waals surface area contributed by atoms with E-state index in [9.17, 15) is 13.2 Å². The summed E-state index contributed by atoms with van der Waals surface area (Å²) in [6.45, 7) is 2.03. The van der Waals surface area contributed by atoms with Gasteiger partial charge in [-0.15, -0.1) is 0 Å². The van der Waals surface area contributed by atoms with Crippen LogP contribution in [0, 0.1) is 10.7 Å². The van der Waals surface area contributed by atoms with Gasteiger partial charge in [0.2, 0.25) is 0 Å². The van der Waals surface area contributed by atoms with Gasteiger partial charge in [0.1, 0.15) is 5.40 Å². The molecule has 0 saturated heterocycles. The molecule has 0 N–H and O–H groups in total. The number of unbranched alkanes of at least 4 members (excludes halogenated alkanes) is 1. The lowest BCUT2D eigenvalue weighted by atomic mass is 10.1. The van der Waals surface area contributed by atoms with Crippen LogP contribution in [0.3, 0.4) is 0 Å². The molecular weight excluding hydrogens is 223 g/mol. The van der Waals surface area contributed by atoms with Crippen molar-refractivity contribution in [1.82, 2.24) is 0 Å². The summed E-state index contributed by atoms with van der Waals surface area (Å²) < 4.78 is 35.6. The van der Waals surface area contributed by atoms with Gasteiger partial charge in [-0.25, -0.2) is 0 Å². The Balaban J connectivity index is 3.71. The monoisotopic (exact) mass is 239 g/mol. The zero-order chi connectivity index (χ0) is 11.7. The van der Waals surface area contributed by atoms with Crippen molar-refractivity contribution in [3.63, 3.8) is 0 Å². The average Bonchev–Trinajstić information content (AvgIpc) is 2.12. The number of hydrogen-bond acceptors (Lipinski definition) is 2. The van der Waals surface area contributed by atoms with Crippen molar-refractivity contribution in [3.8, 4) is 5.40 Å². The van der Waals surface area contributed by atoms with Crippen LogP contribution in [-0.2, 0) is 0 Å². The molecule has 15 heavy (non-hydrogen) atoms. The number of alkyl halides is 3. The summed E-state index contributed by atoms with van der Waals surface area (Å²) in [4.78, 5) is 0. The second-order valence-corrected chi connectivity index (χ2v) is 4.57. The molecule has 0 aromatic carbocycles. The summed E-state index contributed by atoms with van der Waals surface area (Å²) in [5.74, 6) is 0. The molecule has 0 radical (unpaired) electrons. The number of hydrogen-bond donors (Lipinski definition) is 0. The molecule has 0 aromatic rings. The Bertz CT molecular complexity index is 198. The quantitative estimate of drug-likeness (QED) is 0.611. The highest BCUT2D eigenvalue weighted by Crippen LogP contribution is 2.27. The number of halogens is 3. The molecule has 88 valence electrons. The minimum atomic E-state index is -4.06. The van der Waals surface area contributed by atoms with Crippen LogP contribution >= 0.6 is 11.8 Å². The Morgan fingerprint density at radius 1 is 1.27 bits per heavy atom. The minimum absolute atomic E-state index is 0.0669. The fourth-order valence-corrected chi connectivity index (χ4v) is 2.02. The highest BCUT2D eigenvalue weighted by Gasteiger charge is 2.26. The maximum Gasteiger partial charge on any atom is 0.389 e. The van der Waals surface area contributed by atoms with Gasteiger partial charge in [-0.3, -0.25) is 0 Å². The molecule has 0 fully saturated rings. The highest BCUT2D eigenvalue weighted by molar-refractivity contribution is 8.04. The van der Waals surface area contributed by atoms with Gasteiger partial charge in [-0.1, -0.05) is 19.8 Å². The van der Waals surface area contributed by atoms with Gasteiger partial charge in [-0.2, -0.15) is 18.4 Å². The Labute approximate surface area is 93.0 Å². The van der Waals surface area contributed by atoms with Crippen LogP contribution in [0.1, 0.15) is 45.4 Å². The fourth-order valence-electron chi connectivity index (χ4n) is 1.30. The van der Waals surface area contributed by atoms with Gasteiger partial charge in [0.25, 0.3) is 0 Å². The molecule has 0 heterocycles. The van der Waals surface area contributed by atoms with Crippen molar-refractivity contribution in [1.29, 1.82) is 5.26 Å². The number of thioether (sulfide) groups is 1. The summed E-state index contributed by atoms with van der Waals surface area (Å²) >= 11 is 1.11. The molecule has 0 aliphatic carbocycles. The Morgan fingerprint density at radius 2 is 1.87 bits per heavy atom. The maximum atomic E-state index is 11.9. The van der Waals surface area contributed by atoms with Gasteiger partial charge in [0.05, 0.1) is 0 Å². The SMILES string of the molecule is CCCCC(CCCC(F)(F)F)SC#N. The third-order valence-corrected chi connectivity index (χ3v) is 3.00. The summed E-state index contributed by atoms with van der Waals surface area (Å²) in [5, 5.41) is 10.5. The number of rotatable bonds is 7. The van der Waals surface area contributed by atoms with E-state index in [1.54, 1.807) is 0 Å². The summed E-state index contributed by atoms with van der Waals surface area (Å²) in [6.07, 6.45) is -1.35. The van der Waals surface area contributed by atoms with Gasteiger partial charge < -0.3 is 0 Å². The van der Waals surface area contributed by atoms with Crippen molar-refractivity contribution in [2.45, 2.75) is 56.9 Å². The molecule has 0 bridgehead atoms. The Hall–Kier alpha value is -0.370. The second kappa shape index (κ2) is 7.86.